The van der Waals surface area contributed by atoms with E-state index in [2.05, 4.69) is 10.3 Å². The van der Waals surface area contributed by atoms with Gasteiger partial charge in [0.2, 0.25) is 15.9 Å². The SMILES string of the molecule is Cc1cccc(NC(=O)C2CCN(S(=O)(=O)c3cccc4cccnc34)CC2)c1C. The molecule has 6 nitrogen and oxygen atoms in total. The van der Waals surface area contributed by atoms with Gasteiger partial charge < -0.3 is 5.32 Å². The van der Waals surface area contributed by atoms with Crippen molar-refractivity contribution in [2.24, 2.45) is 5.92 Å². The van der Waals surface area contributed by atoms with Crippen LogP contribution in [0.5, 0.6) is 0 Å². The first-order valence-corrected chi connectivity index (χ1v) is 11.5. The van der Waals surface area contributed by atoms with Crippen molar-refractivity contribution in [2.75, 3.05) is 18.4 Å². The van der Waals surface area contributed by atoms with E-state index in [1.54, 1.807) is 24.4 Å². The van der Waals surface area contributed by atoms with Crippen molar-refractivity contribution < 1.29 is 13.2 Å². The van der Waals surface area contributed by atoms with Crippen LogP contribution in [0.25, 0.3) is 10.9 Å². The molecule has 2 aromatic carbocycles. The van der Waals surface area contributed by atoms with E-state index in [0.29, 0.717) is 31.4 Å². The third-order valence-corrected chi connectivity index (χ3v) is 7.83. The largest absolute Gasteiger partial charge is 0.326 e. The number of aryl methyl sites for hydroxylation is 1. The molecule has 0 spiro atoms. The van der Waals surface area contributed by atoms with E-state index in [0.717, 1.165) is 22.2 Å². The van der Waals surface area contributed by atoms with Gasteiger partial charge in [-0.15, -0.1) is 0 Å². The molecule has 1 amide bonds. The van der Waals surface area contributed by atoms with E-state index in [1.807, 2.05) is 44.2 Å². The van der Waals surface area contributed by atoms with Crippen LogP contribution in [0.1, 0.15) is 24.0 Å². The van der Waals surface area contributed by atoms with E-state index in [9.17, 15) is 13.2 Å². The number of benzene rings is 2. The Labute approximate surface area is 177 Å². The number of amides is 1. The number of rotatable bonds is 4. The van der Waals surface area contributed by atoms with Gasteiger partial charge in [0.15, 0.2) is 0 Å². The Bertz CT molecular complexity index is 1190. The lowest BCUT2D eigenvalue weighted by atomic mass is 9.97. The highest BCUT2D eigenvalue weighted by Gasteiger charge is 2.33. The molecule has 0 bridgehead atoms. The maximum Gasteiger partial charge on any atom is 0.245 e. The number of nitrogens with zero attached hydrogens (tertiary/aromatic N) is 2. The third-order valence-electron chi connectivity index (χ3n) is 5.90. The summed E-state index contributed by atoms with van der Waals surface area (Å²) in [5.74, 6) is -0.255. The summed E-state index contributed by atoms with van der Waals surface area (Å²) < 4.78 is 27.9. The van der Waals surface area contributed by atoms with Gasteiger partial charge in [-0.25, -0.2) is 8.42 Å². The second kappa shape index (κ2) is 8.16. The third kappa shape index (κ3) is 3.82. The molecule has 1 aliphatic heterocycles. The van der Waals surface area contributed by atoms with Crippen LogP contribution >= 0.6 is 0 Å². The summed E-state index contributed by atoms with van der Waals surface area (Å²) in [6.07, 6.45) is 2.59. The van der Waals surface area contributed by atoms with Crippen molar-refractivity contribution in [3.8, 4) is 0 Å². The Hall–Kier alpha value is -2.77. The van der Waals surface area contributed by atoms with Gasteiger partial charge in [-0.2, -0.15) is 4.31 Å². The standard InChI is InChI=1S/C23H25N3O3S/c1-16-6-3-9-20(17(16)2)25-23(27)19-11-14-26(15-12-19)30(28,29)21-10-4-7-18-8-5-13-24-22(18)21/h3-10,13,19H,11-12,14-15H2,1-2H3,(H,25,27). The fraction of sp³-hybridized carbons (Fsp3) is 0.304. The molecular formula is C23H25N3O3S. The number of hydrogen-bond donors (Lipinski definition) is 1. The summed E-state index contributed by atoms with van der Waals surface area (Å²) in [6, 6.07) is 14.7. The Morgan fingerprint density at radius 3 is 2.50 bits per heavy atom. The number of aromatic nitrogens is 1. The molecule has 4 rings (SSSR count). The minimum Gasteiger partial charge on any atom is -0.326 e. The highest BCUT2D eigenvalue weighted by Crippen LogP contribution is 2.28. The number of para-hydroxylation sites is 1. The van der Waals surface area contributed by atoms with Gasteiger partial charge in [0, 0.05) is 36.3 Å². The molecule has 1 aliphatic rings. The van der Waals surface area contributed by atoms with Crippen LogP contribution in [0.4, 0.5) is 5.69 Å². The first-order valence-electron chi connectivity index (χ1n) is 10.1. The molecule has 0 radical (unpaired) electrons. The highest BCUT2D eigenvalue weighted by atomic mass is 32.2. The van der Waals surface area contributed by atoms with Gasteiger partial charge in [-0.3, -0.25) is 9.78 Å². The van der Waals surface area contributed by atoms with Gasteiger partial charge in [-0.05, 0) is 56.0 Å². The number of sulfonamides is 1. The van der Waals surface area contributed by atoms with Gasteiger partial charge in [0.25, 0.3) is 0 Å². The number of anilines is 1. The van der Waals surface area contributed by atoms with Crippen molar-refractivity contribution in [1.29, 1.82) is 0 Å². The molecule has 0 unspecified atom stereocenters. The lowest BCUT2D eigenvalue weighted by Crippen LogP contribution is -2.41. The summed E-state index contributed by atoms with van der Waals surface area (Å²) in [5, 5.41) is 3.81. The second-order valence-electron chi connectivity index (χ2n) is 7.75. The number of piperidine rings is 1. The Balaban J connectivity index is 1.47. The number of nitrogens with one attached hydrogen (secondary N) is 1. The second-order valence-corrected chi connectivity index (χ2v) is 9.65. The lowest BCUT2D eigenvalue weighted by Gasteiger charge is -2.30. The van der Waals surface area contributed by atoms with Crippen LogP contribution in [0.15, 0.2) is 59.6 Å². The maximum absolute atomic E-state index is 13.2. The quantitative estimate of drug-likeness (QED) is 0.690. The average molecular weight is 424 g/mol. The minimum atomic E-state index is -3.67. The molecule has 3 aromatic rings. The first kappa shape index (κ1) is 20.5. The zero-order valence-electron chi connectivity index (χ0n) is 17.1. The normalized spacial score (nSPS) is 15.9. The summed E-state index contributed by atoms with van der Waals surface area (Å²) in [6.45, 7) is 4.63. The predicted octanol–water partition coefficient (Wildman–Crippen LogP) is 3.89. The summed E-state index contributed by atoms with van der Waals surface area (Å²) in [5.41, 5.74) is 3.47. The molecule has 0 saturated carbocycles. The van der Waals surface area contributed by atoms with Crippen LogP contribution in [0, 0.1) is 19.8 Å². The molecule has 0 atom stereocenters. The molecule has 7 heteroatoms. The molecule has 1 aromatic heterocycles. The van der Waals surface area contributed by atoms with Crippen LogP contribution in [0.2, 0.25) is 0 Å². The number of fused-ring (bicyclic) bond motifs is 1. The molecule has 2 heterocycles. The van der Waals surface area contributed by atoms with E-state index in [1.165, 1.54) is 4.31 Å². The van der Waals surface area contributed by atoms with Crippen molar-refractivity contribution in [2.45, 2.75) is 31.6 Å². The molecular weight excluding hydrogens is 398 g/mol. The van der Waals surface area contributed by atoms with Crippen molar-refractivity contribution >= 4 is 32.5 Å². The summed E-state index contributed by atoms with van der Waals surface area (Å²) >= 11 is 0. The Morgan fingerprint density at radius 2 is 1.73 bits per heavy atom. The van der Waals surface area contributed by atoms with Crippen molar-refractivity contribution in [1.82, 2.24) is 9.29 Å². The number of pyridine rings is 1. The van der Waals surface area contributed by atoms with Crippen LogP contribution < -0.4 is 5.32 Å². The fourth-order valence-corrected chi connectivity index (χ4v) is 5.54. The molecule has 1 fully saturated rings. The summed E-state index contributed by atoms with van der Waals surface area (Å²) in [4.78, 5) is 17.2. The molecule has 0 aliphatic carbocycles. The average Bonchev–Trinajstić information content (AvgIpc) is 2.76. The number of carbonyl (C=O) groups is 1. The van der Waals surface area contributed by atoms with E-state index in [-0.39, 0.29) is 16.7 Å². The first-order chi connectivity index (χ1) is 14.4. The van der Waals surface area contributed by atoms with E-state index in [4.69, 9.17) is 0 Å². The minimum absolute atomic E-state index is 0.0485. The van der Waals surface area contributed by atoms with Crippen LogP contribution in [-0.2, 0) is 14.8 Å². The predicted molar refractivity (Wildman–Crippen MR) is 118 cm³/mol. The Kier molecular flexibility index (Phi) is 5.58. The zero-order chi connectivity index (χ0) is 21.3. The van der Waals surface area contributed by atoms with Gasteiger partial charge in [0.05, 0.1) is 5.52 Å². The van der Waals surface area contributed by atoms with Gasteiger partial charge >= 0.3 is 0 Å². The van der Waals surface area contributed by atoms with Gasteiger partial charge in [0.1, 0.15) is 4.90 Å². The summed E-state index contributed by atoms with van der Waals surface area (Å²) in [7, 11) is -3.67. The van der Waals surface area contributed by atoms with Crippen LogP contribution in [-0.4, -0.2) is 36.7 Å². The van der Waals surface area contributed by atoms with E-state index >= 15 is 0 Å². The molecule has 1 saturated heterocycles. The lowest BCUT2D eigenvalue weighted by molar-refractivity contribution is -0.120. The number of hydrogen-bond acceptors (Lipinski definition) is 4. The Morgan fingerprint density at radius 1 is 1.03 bits per heavy atom. The maximum atomic E-state index is 13.2. The monoisotopic (exact) mass is 423 g/mol. The highest BCUT2D eigenvalue weighted by molar-refractivity contribution is 7.89. The fourth-order valence-electron chi connectivity index (χ4n) is 3.90. The van der Waals surface area contributed by atoms with Gasteiger partial charge in [-0.1, -0.05) is 30.3 Å². The molecule has 30 heavy (non-hydrogen) atoms. The molecule has 156 valence electrons. The van der Waals surface area contributed by atoms with Crippen molar-refractivity contribution in [3.63, 3.8) is 0 Å². The van der Waals surface area contributed by atoms with Crippen LogP contribution in [0.3, 0.4) is 0 Å². The van der Waals surface area contributed by atoms with Crippen molar-refractivity contribution in [3.05, 3.63) is 65.9 Å². The number of carbonyl (C=O) groups excluding carboxylic acids is 1. The van der Waals surface area contributed by atoms with E-state index < -0.39 is 10.0 Å². The smallest absolute Gasteiger partial charge is 0.245 e. The topological polar surface area (TPSA) is 79.4 Å². The zero-order valence-corrected chi connectivity index (χ0v) is 17.9. The molecule has 1 N–H and O–H groups in total.